The van der Waals surface area contributed by atoms with E-state index in [2.05, 4.69) is 5.32 Å². The Bertz CT molecular complexity index is 516. The minimum Gasteiger partial charge on any atom is -0.496 e. The highest BCUT2D eigenvalue weighted by atomic mass is 35.5. The molecule has 0 radical (unpaired) electrons. The number of carbonyl (C=O) groups excluding carboxylic acids is 2. The van der Waals surface area contributed by atoms with Gasteiger partial charge in [0, 0.05) is 11.1 Å². The molecule has 1 amide bonds. The number of halogens is 1. The molecule has 21 heavy (non-hydrogen) atoms. The quantitative estimate of drug-likeness (QED) is 0.820. The van der Waals surface area contributed by atoms with Crippen molar-refractivity contribution in [3.8, 4) is 5.75 Å². The topological polar surface area (TPSA) is 64.6 Å². The van der Waals surface area contributed by atoms with E-state index in [1.807, 2.05) is 20.8 Å². The Morgan fingerprint density at radius 2 is 1.95 bits per heavy atom. The number of rotatable bonds is 6. The van der Waals surface area contributed by atoms with Gasteiger partial charge in [0.05, 0.1) is 7.11 Å². The van der Waals surface area contributed by atoms with Crippen LogP contribution in [0.1, 0.15) is 31.1 Å². The van der Waals surface area contributed by atoms with Crippen LogP contribution >= 0.6 is 11.6 Å². The van der Waals surface area contributed by atoms with Crippen molar-refractivity contribution < 1.29 is 19.1 Å². The summed E-state index contributed by atoms with van der Waals surface area (Å²) >= 11 is 5.84. The molecule has 1 atom stereocenters. The zero-order chi connectivity index (χ0) is 16.0. The maximum Gasteiger partial charge on any atom is 0.342 e. The summed E-state index contributed by atoms with van der Waals surface area (Å²) in [6, 6.07) is 4.63. The van der Waals surface area contributed by atoms with Crippen LogP contribution in [0.5, 0.6) is 5.75 Å². The van der Waals surface area contributed by atoms with Gasteiger partial charge in [0.15, 0.2) is 6.61 Å². The van der Waals surface area contributed by atoms with E-state index < -0.39 is 5.97 Å². The lowest BCUT2D eigenvalue weighted by Gasteiger charge is -2.17. The summed E-state index contributed by atoms with van der Waals surface area (Å²) in [6.45, 7) is 5.54. The van der Waals surface area contributed by atoms with Gasteiger partial charge in [0.2, 0.25) is 0 Å². The molecule has 1 N–H and O–H groups in total. The van der Waals surface area contributed by atoms with E-state index in [0.29, 0.717) is 16.7 Å². The zero-order valence-corrected chi connectivity index (χ0v) is 13.4. The Hall–Kier alpha value is -1.75. The molecule has 0 aliphatic rings. The van der Waals surface area contributed by atoms with Gasteiger partial charge in [-0.15, -0.1) is 0 Å². The van der Waals surface area contributed by atoms with Gasteiger partial charge in [-0.25, -0.2) is 4.79 Å². The van der Waals surface area contributed by atoms with Crippen molar-refractivity contribution in [2.24, 2.45) is 5.92 Å². The predicted molar refractivity (Wildman–Crippen MR) is 80.7 cm³/mol. The standard InChI is InChI=1S/C15H20ClNO4/c1-9(2)10(3)17-14(18)8-21-15(19)12-7-11(16)5-6-13(12)20-4/h5-7,9-10H,8H2,1-4H3,(H,17,18). The highest BCUT2D eigenvalue weighted by Gasteiger charge is 2.17. The number of hydrogen-bond donors (Lipinski definition) is 1. The summed E-state index contributed by atoms with van der Waals surface area (Å²) in [5.41, 5.74) is 0.190. The Kier molecular flexibility index (Phi) is 6.49. The van der Waals surface area contributed by atoms with Gasteiger partial charge < -0.3 is 14.8 Å². The fraction of sp³-hybridized carbons (Fsp3) is 0.467. The first-order valence-electron chi connectivity index (χ1n) is 6.65. The Labute approximate surface area is 129 Å². The Balaban J connectivity index is 2.62. The third kappa shape index (κ3) is 5.27. The van der Waals surface area contributed by atoms with Crippen LogP contribution in [0.2, 0.25) is 5.02 Å². The SMILES string of the molecule is COc1ccc(Cl)cc1C(=O)OCC(=O)NC(C)C(C)C. The summed E-state index contributed by atoms with van der Waals surface area (Å²) in [5.74, 6) is -0.342. The second-order valence-corrected chi connectivity index (χ2v) is 5.46. The molecule has 0 spiro atoms. The first-order valence-corrected chi connectivity index (χ1v) is 7.03. The van der Waals surface area contributed by atoms with Crippen LogP contribution in [0, 0.1) is 5.92 Å². The highest BCUT2D eigenvalue weighted by Crippen LogP contribution is 2.23. The molecule has 0 bridgehead atoms. The van der Waals surface area contributed by atoms with Crippen LogP contribution in [0.15, 0.2) is 18.2 Å². The molecule has 1 rings (SSSR count). The fourth-order valence-corrected chi connectivity index (χ4v) is 1.68. The molecule has 1 aromatic rings. The van der Waals surface area contributed by atoms with Crippen LogP contribution in [-0.2, 0) is 9.53 Å². The van der Waals surface area contributed by atoms with E-state index in [-0.39, 0.29) is 24.1 Å². The summed E-state index contributed by atoms with van der Waals surface area (Å²) < 4.78 is 10.0. The van der Waals surface area contributed by atoms with E-state index in [1.54, 1.807) is 12.1 Å². The Morgan fingerprint density at radius 3 is 2.52 bits per heavy atom. The Morgan fingerprint density at radius 1 is 1.29 bits per heavy atom. The summed E-state index contributed by atoms with van der Waals surface area (Å²) in [7, 11) is 1.44. The van der Waals surface area contributed by atoms with Crippen LogP contribution in [0.25, 0.3) is 0 Å². The smallest absolute Gasteiger partial charge is 0.342 e. The molecule has 0 aliphatic carbocycles. The van der Waals surface area contributed by atoms with Gasteiger partial charge in [0.1, 0.15) is 11.3 Å². The summed E-state index contributed by atoms with van der Waals surface area (Å²) in [4.78, 5) is 23.6. The third-order valence-corrected chi connectivity index (χ3v) is 3.34. The van der Waals surface area contributed by atoms with Crippen molar-refractivity contribution in [3.63, 3.8) is 0 Å². The van der Waals surface area contributed by atoms with E-state index in [0.717, 1.165) is 0 Å². The number of benzene rings is 1. The number of amides is 1. The van der Waals surface area contributed by atoms with Gasteiger partial charge in [-0.1, -0.05) is 25.4 Å². The third-order valence-electron chi connectivity index (χ3n) is 3.10. The second-order valence-electron chi connectivity index (χ2n) is 5.02. The maximum atomic E-state index is 12.0. The zero-order valence-electron chi connectivity index (χ0n) is 12.6. The predicted octanol–water partition coefficient (Wildman–Crippen LogP) is 2.67. The molecule has 0 saturated carbocycles. The van der Waals surface area contributed by atoms with E-state index in [1.165, 1.54) is 13.2 Å². The van der Waals surface area contributed by atoms with Crippen molar-refractivity contribution in [1.82, 2.24) is 5.32 Å². The number of methoxy groups -OCH3 is 1. The summed E-state index contributed by atoms with van der Waals surface area (Å²) in [5, 5.41) is 3.14. The molecule has 1 aromatic carbocycles. The van der Waals surface area contributed by atoms with E-state index in [4.69, 9.17) is 21.1 Å². The van der Waals surface area contributed by atoms with Crippen molar-refractivity contribution in [1.29, 1.82) is 0 Å². The molecule has 0 heterocycles. The lowest BCUT2D eigenvalue weighted by molar-refractivity contribution is -0.125. The molecule has 1 unspecified atom stereocenters. The molecule has 6 heteroatoms. The van der Waals surface area contributed by atoms with Crippen LogP contribution in [-0.4, -0.2) is 31.6 Å². The molecule has 0 aromatic heterocycles. The molecule has 0 aliphatic heterocycles. The van der Waals surface area contributed by atoms with Gasteiger partial charge in [-0.3, -0.25) is 4.79 Å². The number of hydrogen-bond acceptors (Lipinski definition) is 4. The van der Waals surface area contributed by atoms with Crippen LogP contribution < -0.4 is 10.1 Å². The van der Waals surface area contributed by atoms with Crippen molar-refractivity contribution in [2.75, 3.05) is 13.7 Å². The number of carbonyl (C=O) groups is 2. The van der Waals surface area contributed by atoms with E-state index in [9.17, 15) is 9.59 Å². The lowest BCUT2D eigenvalue weighted by Crippen LogP contribution is -2.38. The monoisotopic (exact) mass is 313 g/mol. The minimum atomic E-state index is -0.651. The normalized spacial score (nSPS) is 11.9. The van der Waals surface area contributed by atoms with E-state index >= 15 is 0 Å². The summed E-state index contributed by atoms with van der Waals surface area (Å²) in [6.07, 6.45) is 0. The van der Waals surface area contributed by atoms with Crippen molar-refractivity contribution >= 4 is 23.5 Å². The highest BCUT2D eigenvalue weighted by molar-refractivity contribution is 6.31. The second kappa shape index (κ2) is 7.88. The molecule has 116 valence electrons. The molecular formula is C15H20ClNO4. The molecular weight excluding hydrogens is 294 g/mol. The fourth-order valence-electron chi connectivity index (χ4n) is 1.51. The first kappa shape index (κ1) is 17.3. The van der Waals surface area contributed by atoms with Crippen molar-refractivity contribution in [2.45, 2.75) is 26.8 Å². The van der Waals surface area contributed by atoms with Gasteiger partial charge in [-0.2, -0.15) is 0 Å². The number of ether oxygens (including phenoxy) is 2. The minimum absolute atomic E-state index is 0.0110. The van der Waals surface area contributed by atoms with Crippen LogP contribution in [0.4, 0.5) is 0 Å². The maximum absolute atomic E-state index is 12.0. The van der Waals surface area contributed by atoms with Gasteiger partial charge in [-0.05, 0) is 31.0 Å². The van der Waals surface area contributed by atoms with Gasteiger partial charge in [0.25, 0.3) is 5.91 Å². The van der Waals surface area contributed by atoms with Gasteiger partial charge >= 0.3 is 5.97 Å². The average molecular weight is 314 g/mol. The lowest BCUT2D eigenvalue weighted by atomic mass is 10.1. The number of nitrogens with one attached hydrogen (secondary N) is 1. The first-order chi connectivity index (χ1) is 9.85. The largest absolute Gasteiger partial charge is 0.496 e. The molecule has 5 nitrogen and oxygen atoms in total. The molecule has 0 saturated heterocycles. The van der Waals surface area contributed by atoms with Crippen LogP contribution in [0.3, 0.4) is 0 Å². The van der Waals surface area contributed by atoms with Crippen molar-refractivity contribution in [3.05, 3.63) is 28.8 Å². The number of esters is 1. The molecule has 0 fully saturated rings. The average Bonchev–Trinajstić information content (AvgIpc) is 2.44.